The molecule has 0 unspecified atom stereocenters. The van der Waals surface area contributed by atoms with E-state index < -0.39 is 12.5 Å². The van der Waals surface area contributed by atoms with Gasteiger partial charge in [-0.05, 0) is 63.1 Å². The number of benzene rings is 2. The summed E-state index contributed by atoms with van der Waals surface area (Å²) in [7, 11) is 1.49. The van der Waals surface area contributed by atoms with E-state index in [0.29, 0.717) is 45.7 Å². The molecular weight excluding hydrogens is 467 g/mol. The SMILES string of the molecule is CCc1nc2cc(C)c(Oc3ccc(OC(F)(F)F)cc3)c(C)c2c(OC(=O)OCCOC)c1C. The van der Waals surface area contributed by atoms with Crippen molar-refractivity contribution in [3.05, 3.63) is 52.7 Å². The van der Waals surface area contributed by atoms with Crippen LogP contribution in [0.4, 0.5) is 18.0 Å². The zero-order valence-corrected chi connectivity index (χ0v) is 20.0. The lowest BCUT2D eigenvalue weighted by atomic mass is 9.99. The first-order valence-corrected chi connectivity index (χ1v) is 10.8. The fourth-order valence-corrected chi connectivity index (χ4v) is 3.64. The predicted molar refractivity (Wildman–Crippen MR) is 122 cm³/mol. The van der Waals surface area contributed by atoms with Gasteiger partial charge in [-0.25, -0.2) is 4.79 Å². The number of hydrogen-bond acceptors (Lipinski definition) is 7. The standard InChI is InChI=1S/C25H26F3NO6/c1-6-19-15(3)23(34-24(30)32-12-11-31-5)21-16(4)22(14(2)13-20(21)29-19)33-17-7-9-18(10-8-17)35-25(26,27)28/h7-10,13H,6,11-12H2,1-5H3. The number of pyridine rings is 1. The van der Waals surface area contributed by atoms with E-state index in [1.165, 1.54) is 31.4 Å². The monoisotopic (exact) mass is 493 g/mol. The molecule has 10 heteroatoms. The molecule has 1 heterocycles. The molecule has 0 amide bonds. The summed E-state index contributed by atoms with van der Waals surface area (Å²) in [6.45, 7) is 7.65. The third-order valence-electron chi connectivity index (χ3n) is 5.24. The van der Waals surface area contributed by atoms with Gasteiger partial charge in [0.15, 0.2) is 0 Å². The zero-order chi connectivity index (χ0) is 25.8. The lowest BCUT2D eigenvalue weighted by molar-refractivity contribution is -0.274. The molecule has 1 aromatic heterocycles. The summed E-state index contributed by atoms with van der Waals surface area (Å²) in [5.74, 6) is 0.725. The average Bonchev–Trinajstić information content (AvgIpc) is 2.78. The number of fused-ring (bicyclic) bond motifs is 1. The predicted octanol–water partition coefficient (Wildman–Crippen LogP) is 6.58. The van der Waals surface area contributed by atoms with Crippen LogP contribution in [-0.2, 0) is 15.9 Å². The summed E-state index contributed by atoms with van der Waals surface area (Å²) in [6, 6.07) is 6.88. The Morgan fingerprint density at radius 3 is 2.23 bits per heavy atom. The molecule has 0 fully saturated rings. The van der Waals surface area contributed by atoms with Crippen LogP contribution in [0.3, 0.4) is 0 Å². The molecule has 0 atom stereocenters. The number of hydrogen-bond donors (Lipinski definition) is 0. The van der Waals surface area contributed by atoms with Gasteiger partial charge in [-0.3, -0.25) is 4.98 Å². The highest BCUT2D eigenvalue weighted by Crippen LogP contribution is 2.41. The summed E-state index contributed by atoms with van der Waals surface area (Å²) < 4.78 is 62.8. The number of methoxy groups -OCH3 is 1. The third-order valence-corrected chi connectivity index (χ3v) is 5.24. The highest BCUT2D eigenvalue weighted by atomic mass is 19.4. The maximum Gasteiger partial charge on any atom is 0.573 e. The van der Waals surface area contributed by atoms with Crippen LogP contribution in [-0.4, -0.2) is 37.8 Å². The van der Waals surface area contributed by atoms with Crippen LogP contribution >= 0.6 is 0 Å². The molecule has 3 aromatic rings. The van der Waals surface area contributed by atoms with Gasteiger partial charge in [0.25, 0.3) is 0 Å². The Bertz CT molecular complexity index is 1210. The molecule has 35 heavy (non-hydrogen) atoms. The van der Waals surface area contributed by atoms with Gasteiger partial charge in [-0.2, -0.15) is 0 Å². The Hall–Kier alpha value is -3.53. The van der Waals surface area contributed by atoms with Crippen molar-refractivity contribution >= 4 is 17.1 Å². The van der Waals surface area contributed by atoms with Crippen LogP contribution in [0.1, 0.15) is 29.3 Å². The van der Waals surface area contributed by atoms with Gasteiger partial charge in [0.2, 0.25) is 0 Å². The quantitative estimate of drug-likeness (QED) is 0.259. The first kappa shape index (κ1) is 26.1. The number of carbonyl (C=O) groups is 1. The molecule has 0 saturated carbocycles. The van der Waals surface area contributed by atoms with Gasteiger partial charge < -0.3 is 23.7 Å². The summed E-state index contributed by atoms with van der Waals surface area (Å²) in [4.78, 5) is 17.0. The maximum absolute atomic E-state index is 12.4. The van der Waals surface area contributed by atoms with E-state index in [4.69, 9.17) is 23.9 Å². The highest BCUT2D eigenvalue weighted by molar-refractivity contribution is 5.94. The second kappa shape index (κ2) is 10.8. The maximum atomic E-state index is 12.4. The Labute approximate surface area is 200 Å². The van der Waals surface area contributed by atoms with E-state index in [9.17, 15) is 18.0 Å². The number of aryl methyl sites for hydroxylation is 3. The van der Waals surface area contributed by atoms with Crippen LogP contribution in [0, 0.1) is 20.8 Å². The van der Waals surface area contributed by atoms with Crippen molar-refractivity contribution in [2.24, 2.45) is 0 Å². The van der Waals surface area contributed by atoms with E-state index in [2.05, 4.69) is 4.74 Å². The summed E-state index contributed by atoms with van der Waals surface area (Å²) >= 11 is 0. The highest BCUT2D eigenvalue weighted by Gasteiger charge is 2.31. The number of carbonyl (C=O) groups excluding carboxylic acids is 1. The van der Waals surface area contributed by atoms with Gasteiger partial charge in [0.1, 0.15) is 29.6 Å². The van der Waals surface area contributed by atoms with E-state index in [-0.39, 0.29) is 19.0 Å². The molecule has 0 spiro atoms. The molecule has 0 saturated heterocycles. The minimum atomic E-state index is -4.78. The molecular formula is C25H26F3NO6. The average molecular weight is 493 g/mol. The molecule has 0 aliphatic carbocycles. The molecule has 0 aliphatic heterocycles. The Morgan fingerprint density at radius 1 is 0.971 bits per heavy atom. The van der Waals surface area contributed by atoms with Crippen LogP contribution in [0.15, 0.2) is 30.3 Å². The second-order valence-corrected chi connectivity index (χ2v) is 7.72. The van der Waals surface area contributed by atoms with Crippen LogP contribution in [0.5, 0.6) is 23.0 Å². The first-order chi connectivity index (χ1) is 16.5. The Morgan fingerprint density at radius 2 is 1.63 bits per heavy atom. The molecule has 3 rings (SSSR count). The number of alkyl halides is 3. The lowest BCUT2D eigenvalue weighted by Gasteiger charge is -2.19. The molecule has 0 bridgehead atoms. The number of ether oxygens (including phenoxy) is 5. The van der Waals surface area contributed by atoms with Gasteiger partial charge in [-0.15, -0.1) is 13.2 Å². The van der Waals surface area contributed by atoms with Crippen molar-refractivity contribution in [1.82, 2.24) is 4.98 Å². The number of aromatic nitrogens is 1. The Kier molecular flexibility index (Phi) is 8.06. The molecule has 2 aromatic carbocycles. The minimum absolute atomic E-state index is 0.0402. The van der Waals surface area contributed by atoms with Crippen LogP contribution < -0.4 is 14.2 Å². The molecule has 0 radical (unpaired) electrons. The summed E-state index contributed by atoms with van der Waals surface area (Å²) in [6.07, 6.45) is -5.03. The third kappa shape index (κ3) is 6.33. The van der Waals surface area contributed by atoms with Crippen molar-refractivity contribution < 1.29 is 41.7 Å². The zero-order valence-electron chi connectivity index (χ0n) is 20.0. The van der Waals surface area contributed by atoms with Crippen molar-refractivity contribution in [2.45, 2.75) is 40.5 Å². The van der Waals surface area contributed by atoms with Crippen LogP contribution in [0.2, 0.25) is 0 Å². The molecule has 0 aliphatic rings. The first-order valence-electron chi connectivity index (χ1n) is 10.8. The summed E-state index contributed by atoms with van der Waals surface area (Å²) in [5.41, 5.74) is 3.47. The van der Waals surface area contributed by atoms with Crippen LogP contribution in [0.25, 0.3) is 10.9 Å². The largest absolute Gasteiger partial charge is 0.573 e. The van der Waals surface area contributed by atoms with Crippen molar-refractivity contribution in [3.63, 3.8) is 0 Å². The Balaban J connectivity index is 2.02. The van der Waals surface area contributed by atoms with Crippen molar-refractivity contribution in [2.75, 3.05) is 20.3 Å². The number of rotatable bonds is 8. The van der Waals surface area contributed by atoms with Gasteiger partial charge >= 0.3 is 12.5 Å². The fraction of sp³-hybridized carbons (Fsp3) is 0.360. The fourth-order valence-electron chi connectivity index (χ4n) is 3.64. The lowest BCUT2D eigenvalue weighted by Crippen LogP contribution is -2.16. The van der Waals surface area contributed by atoms with E-state index >= 15 is 0 Å². The van der Waals surface area contributed by atoms with Crippen molar-refractivity contribution in [3.8, 4) is 23.0 Å². The van der Waals surface area contributed by atoms with E-state index in [0.717, 1.165) is 11.3 Å². The van der Waals surface area contributed by atoms with Gasteiger partial charge in [-0.1, -0.05) is 6.92 Å². The number of nitrogens with zero attached hydrogens (tertiary/aromatic N) is 1. The smallest absolute Gasteiger partial charge is 0.457 e. The normalized spacial score (nSPS) is 11.4. The number of halogens is 3. The molecule has 188 valence electrons. The molecule has 0 N–H and O–H groups in total. The molecule has 7 nitrogen and oxygen atoms in total. The second-order valence-electron chi connectivity index (χ2n) is 7.72. The summed E-state index contributed by atoms with van der Waals surface area (Å²) in [5, 5.41) is 0.570. The van der Waals surface area contributed by atoms with E-state index in [1.807, 2.05) is 20.8 Å². The topological polar surface area (TPSA) is 76.1 Å². The minimum Gasteiger partial charge on any atom is -0.457 e. The van der Waals surface area contributed by atoms with Gasteiger partial charge in [0.05, 0.1) is 17.5 Å². The van der Waals surface area contributed by atoms with Gasteiger partial charge in [0, 0.05) is 23.9 Å². The van der Waals surface area contributed by atoms with Crippen molar-refractivity contribution in [1.29, 1.82) is 0 Å². The van der Waals surface area contributed by atoms with E-state index in [1.54, 1.807) is 13.0 Å².